The summed E-state index contributed by atoms with van der Waals surface area (Å²) in [5.74, 6) is -0.384. The quantitative estimate of drug-likeness (QED) is 0.643. The van der Waals surface area contributed by atoms with Crippen molar-refractivity contribution < 1.29 is 13.2 Å². The van der Waals surface area contributed by atoms with Gasteiger partial charge in [-0.15, -0.1) is 0 Å². The van der Waals surface area contributed by atoms with Crippen LogP contribution in [0, 0.1) is 5.92 Å². The highest BCUT2D eigenvalue weighted by Gasteiger charge is 2.13. The Morgan fingerprint density at radius 1 is 1.50 bits per heavy atom. The van der Waals surface area contributed by atoms with Crippen LogP contribution in [-0.2, 0) is 14.6 Å². The number of rotatable bonds is 5. The molecule has 0 aromatic rings. The summed E-state index contributed by atoms with van der Waals surface area (Å²) >= 11 is 0. The highest BCUT2D eigenvalue weighted by atomic mass is 32.2. The molecule has 72 valence electrons. The Morgan fingerprint density at radius 3 is 2.33 bits per heavy atom. The van der Waals surface area contributed by atoms with Crippen molar-refractivity contribution >= 4 is 15.6 Å². The summed E-state index contributed by atoms with van der Waals surface area (Å²) in [6.45, 7) is 1.98. The maximum atomic E-state index is 11.1. The van der Waals surface area contributed by atoms with Crippen LogP contribution in [0.4, 0.5) is 0 Å². The van der Waals surface area contributed by atoms with Crippen molar-refractivity contribution in [1.29, 1.82) is 0 Å². The van der Waals surface area contributed by atoms with Gasteiger partial charge in [0.1, 0.15) is 15.6 Å². The third kappa shape index (κ3) is 5.26. The normalized spacial score (nSPS) is 14.2. The van der Waals surface area contributed by atoms with Gasteiger partial charge in [0.15, 0.2) is 0 Å². The number of nitrogens with two attached hydrogens (primary N) is 1. The van der Waals surface area contributed by atoms with Crippen molar-refractivity contribution in [3.05, 3.63) is 0 Å². The fourth-order valence-electron chi connectivity index (χ4n) is 0.664. The van der Waals surface area contributed by atoms with Crippen molar-refractivity contribution in [3.63, 3.8) is 0 Å². The number of sulfone groups is 1. The van der Waals surface area contributed by atoms with E-state index in [0.717, 1.165) is 6.26 Å². The van der Waals surface area contributed by atoms with E-state index < -0.39 is 9.84 Å². The Bertz CT molecular complexity index is 245. The summed E-state index contributed by atoms with van der Waals surface area (Å²) in [5.41, 5.74) is 5.24. The van der Waals surface area contributed by atoms with Crippen molar-refractivity contribution in [1.82, 2.24) is 0 Å². The summed E-state index contributed by atoms with van der Waals surface area (Å²) < 4.78 is 21.3. The maximum absolute atomic E-state index is 11.1. The average molecular weight is 193 g/mol. The third-order valence-electron chi connectivity index (χ3n) is 1.62. The third-order valence-corrected chi connectivity index (χ3v) is 2.57. The minimum absolute atomic E-state index is 0.0732. The Labute approximate surface area is 73.1 Å². The van der Waals surface area contributed by atoms with Crippen LogP contribution in [0.5, 0.6) is 0 Å². The van der Waals surface area contributed by atoms with E-state index in [1.807, 2.05) is 0 Å². The van der Waals surface area contributed by atoms with Crippen molar-refractivity contribution in [2.24, 2.45) is 11.7 Å². The molecule has 0 fully saturated rings. The first-order valence-corrected chi connectivity index (χ1v) is 5.83. The zero-order chi connectivity index (χ0) is 9.78. The topological polar surface area (TPSA) is 77.2 Å². The molecule has 0 aliphatic rings. The van der Waals surface area contributed by atoms with Crippen LogP contribution in [0.3, 0.4) is 0 Å². The summed E-state index contributed by atoms with van der Waals surface area (Å²) in [7, 11) is -3.02. The zero-order valence-corrected chi connectivity index (χ0v) is 8.23. The van der Waals surface area contributed by atoms with Crippen LogP contribution >= 0.6 is 0 Å². The number of hydrogen-bond acceptors (Lipinski definition) is 4. The van der Waals surface area contributed by atoms with E-state index in [1.165, 1.54) is 0 Å². The summed E-state index contributed by atoms with van der Waals surface area (Å²) in [6.07, 6.45) is 1.20. The highest BCUT2D eigenvalue weighted by Crippen LogP contribution is 2.00. The van der Waals surface area contributed by atoms with Gasteiger partial charge in [0.2, 0.25) is 0 Å². The maximum Gasteiger partial charge on any atom is 0.147 e. The van der Waals surface area contributed by atoms with E-state index in [2.05, 4.69) is 0 Å². The minimum atomic E-state index is -3.02. The summed E-state index contributed by atoms with van der Waals surface area (Å²) in [5, 5.41) is 0. The fourth-order valence-corrected chi connectivity index (χ4v) is 1.24. The van der Waals surface area contributed by atoms with Crippen molar-refractivity contribution in [3.8, 4) is 0 Å². The molecule has 0 saturated heterocycles. The van der Waals surface area contributed by atoms with Crippen LogP contribution in [0.2, 0.25) is 0 Å². The number of Topliss-reactive ketones (excluding diaryl/α,β-unsaturated/α-hetero) is 1. The smallest absolute Gasteiger partial charge is 0.147 e. The second-order valence-electron chi connectivity index (χ2n) is 2.98. The lowest BCUT2D eigenvalue weighted by Gasteiger charge is -2.05. The van der Waals surface area contributed by atoms with E-state index in [0.29, 0.717) is 0 Å². The monoisotopic (exact) mass is 193 g/mol. The lowest BCUT2D eigenvalue weighted by molar-refractivity contribution is -0.121. The van der Waals surface area contributed by atoms with Gasteiger partial charge >= 0.3 is 0 Å². The Kier molecular flexibility index (Phi) is 4.41. The van der Waals surface area contributed by atoms with Gasteiger partial charge in [0, 0.05) is 25.1 Å². The molecule has 0 aromatic heterocycles. The average Bonchev–Trinajstić information content (AvgIpc) is 1.97. The molecule has 1 atom stereocenters. The number of carbonyl (C=O) groups is 1. The van der Waals surface area contributed by atoms with Gasteiger partial charge in [-0.3, -0.25) is 4.79 Å². The molecule has 12 heavy (non-hydrogen) atoms. The summed E-state index contributed by atoms with van der Waals surface area (Å²) in [4.78, 5) is 11.1. The molecule has 0 heterocycles. The largest absolute Gasteiger partial charge is 0.330 e. The Morgan fingerprint density at radius 2 is 2.00 bits per heavy atom. The molecule has 4 nitrogen and oxygen atoms in total. The molecule has 2 N–H and O–H groups in total. The molecule has 0 radical (unpaired) electrons. The first-order chi connectivity index (χ1) is 5.37. The summed E-state index contributed by atoms with van der Waals surface area (Å²) in [6, 6.07) is 0. The van der Waals surface area contributed by atoms with Crippen LogP contribution in [0.1, 0.15) is 13.3 Å². The Hall–Kier alpha value is -0.420. The Balaban J connectivity index is 3.88. The van der Waals surface area contributed by atoms with Crippen LogP contribution < -0.4 is 5.73 Å². The van der Waals surface area contributed by atoms with E-state index >= 15 is 0 Å². The molecular formula is C7H15NO3S. The number of carbonyl (C=O) groups excluding carboxylic acids is 1. The van der Waals surface area contributed by atoms with Crippen LogP contribution in [0.15, 0.2) is 0 Å². The SMILES string of the molecule is CC(CN)C(=O)CCS(C)(=O)=O. The standard InChI is InChI=1S/C7H15NO3S/c1-6(5-8)7(9)3-4-12(2,10)11/h6H,3-5,8H2,1-2H3. The first kappa shape index (κ1) is 11.6. The molecular weight excluding hydrogens is 178 g/mol. The van der Waals surface area contributed by atoms with Gasteiger partial charge in [-0.05, 0) is 0 Å². The minimum Gasteiger partial charge on any atom is -0.330 e. The molecule has 0 aliphatic carbocycles. The van der Waals surface area contributed by atoms with Crippen molar-refractivity contribution in [2.75, 3.05) is 18.6 Å². The van der Waals surface area contributed by atoms with Gasteiger partial charge in [0.05, 0.1) is 5.75 Å². The van der Waals surface area contributed by atoms with Gasteiger partial charge in [0.25, 0.3) is 0 Å². The van der Waals surface area contributed by atoms with E-state index in [1.54, 1.807) is 6.92 Å². The lowest BCUT2D eigenvalue weighted by Crippen LogP contribution is -2.22. The molecule has 0 aromatic carbocycles. The second-order valence-corrected chi connectivity index (χ2v) is 5.24. The molecule has 5 heteroatoms. The molecule has 0 amide bonds. The number of hydrogen-bond donors (Lipinski definition) is 1. The molecule has 0 aliphatic heterocycles. The van der Waals surface area contributed by atoms with Crippen LogP contribution in [0.25, 0.3) is 0 Å². The van der Waals surface area contributed by atoms with E-state index in [-0.39, 0.29) is 30.4 Å². The number of ketones is 1. The van der Waals surface area contributed by atoms with E-state index in [4.69, 9.17) is 5.73 Å². The predicted molar refractivity (Wildman–Crippen MR) is 47.6 cm³/mol. The van der Waals surface area contributed by atoms with Gasteiger partial charge in [-0.25, -0.2) is 8.42 Å². The fraction of sp³-hybridized carbons (Fsp3) is 0.857. The van der Waals surface area contributed by atoms with E-state index in [9.17, 15) is 13.2 Å². The van der Waals surface area contributed by atoms with Gasteiger partial charge < -0.3 is 5.73 Å². The highest BCUT2D eigenvalue weighted by molar-refractivity contribution is 7.90. The second kappa shape index (κ2) is 4.57. The molecule has 1 unspecified atom stereocenters. The molecule has 0 rings (SSSR count). The van der Waals surface area contributed by atoms with Gasteiger partial charge in [-0.2, -0.15) is 0 Å². The predicted octanol–water partition coefficient (Wildman–Crippen LogP) is -0.415. The van der Waals surface area contributed by atoms with Gasteiger partial charge in [-0.1, -0.05) is 6.92 Å². The molecule has 0 saturated carbocycles. The molecule has 0 spiro atoms. The first-order valence-electron chi connectivity index (χ1n) is 3.77. The zero-order valence-electron chi connectivity index (χ0n) is 7.41. The van der Waals surface area contributed by atoms with Crippen LogP contribution in [-0.4, -0.2) is 32.8 Å². The molecule has 0 bridgehead atoms. The lowest BCUT2D eigenvalue weighted by atomic mass is 10.1. The van der Waals surface area contributed by atoms with Crippen molar-refractivity contribution in [2.45, 2.75) is 13.3 Å².